The van der Waals surface area contributed by atoms with E-state index in [0.29, 0.717) is 5.56 Å². The van der Waals surface area contributed by atoms with Crippen molar-refractivity contribution in [3.8, 4) is 0 Å². The molecule has 7 heteroatoms. The lowest BCUT2D eigenvalue weighted by atomic mass is 9.76. The average Bonchev–Trinajstić information content (AvgIpc) is 2.99. The van der Waals surface area contributed by atoms with Gasteiger partial charge in [0.05, 0.1) is 35.6 Å². The summed E-state index contributed by atoms with van der Waals surface area (Å²) in [5.74, 6) is -0.408. The predicted molar refractivity (Wildman–Crippen MR) is 83.1 cm³/mol. The summed E-state index contributed by atoms with van der Waals surface area (Å²) in [6.45, 7) is 7.96. The van der Waals surface area contributed by atoms with Crippen LogP contribution in [0.3, 0.4) is 0 Å². The molecule has 1 aliphatic rings. The van der Waals surface area contributed by atoms with Crippen LogP contribution in [0.2, 0.25) is 0 Å². The number of ether oxygens (including phenoxy) is 1. The lowest BCUT2D eigenvalue weighted by molar-refractivity contribution is 0.00578. The zero-order valence-electron chi connectivity index (χ0n) is 13.4. The molecule has 1 saturated heterocycles. The number of carbonyl (C=O) groups is 1. The summed E-state index contributed by atoms with van der Waals surface area (Å²) < 4.78 is 17.0. The van der Waals surface area contributed by atoms with Crippen LogP contribution in [0.5, 0.6) is 0 Å². The monoisotopic (exact) mass is 302 g/mol. The average molecular weight is 302 g/mol. The van der Waals surface area contributed by atoms with Gasteiger partial charge in [0.2, 0.25) is 0 Å². The Bertz CT molecular complexity index is 722. The van der Waals surface area contributed by atoms with Crippen molar-refractivity contribution in [1.82, 2.24) is 10.2 Å². The number of esters is 1. The van der Waals surface area contributed by atoms with E-state index in [9.17, 15) is 4.79 Å². The second-order valence-electron chi connectivity index (χ2n) is 6.48. The van der Waals surface area contributed by atoms with Crippen LogP contribution in [0.1, 0.15) is 38.1 Å². The Hall–Kier alpha value is -1.86. The summed E-state index contributed by atoms with van der Waals surface area (Å²) in [7, 11) is 0.795. The molecule has 1 fully saturated rings. The lowest BCUT2D eigenvalue weighted by Crippen LogP contribution is -2.41. The van der Waals surface area contributed by atoms with Crippen molar-refractivity contribution in [1.29, 1.82) is 0 Å². The van der Waals surface area contributed by atoms with Crippen molar-refractivity contribution in [2.75, 3.05) is 7.11 Å². The third-order valence-corrected chi connectivity index (χ3v) is 4.52. The quantitative estimate of drug-likeness (QED) is 0.674. The highest BCUT2D eigenvalue weighted by Crippen LogP contribution is 2.37. The summed E-state index contributed by atoms with van der Waals surface area (Å²) in [5, 5.41) is 7.79. The SMILES string of the molecule is COC(=O)c1cc(B2OC(C)(C)C(C)(C)O2)c2cn[nH]c2c1. The van der Waals surface area contributed by atoms with Gasteiger partial charge >= 0.3 is 13.1 Å². The van der Waals surface area contributed by atoms with Gasteiger partial charge in [-0.2, -0.15) is 5.10 Å². The maximum Gasteiger partial charge on any atom is 0.495 e. The van der Waals surface area contributed by atoms with Crippen molar-refractivity contribution in [2.24, 2.45) is 0 Å². The van der Waals surface area contributed by atoms with Crippen molar-refractivity contribution in [3.63, 3.8) is 0 Å². The molecule has 0 spiro atoms. The maximum absolute atomic E-state index is 11.9. The highest BCUT2D eigenvalue weighted by molar-refractivity contribution is 6.65. The molecule has 0 saturated carbocycles. The van der Waals surface area contributed by atoms with Crippen LogP contribution in [-0.4, -0.2) is 41.6 Å². The summed E-state index contributed by atoms with van der Waals surface area (Å²) in [4.78, 5) is 11.9. The Morgan fingerprint density at radius 3 is 2.45 bits per heavy atom. The fraction of sp³-hybridized carbons (Fsp3) is 0.467. The van der Waals surface area contributed by atoms with Crippen molar-refractivity contribution in [2.45, 2.75) is 38.9 Å². The van der Waals surface area contributed by atoms with Crippen LogP contribution in [0.25, 0.3) is 10.9 Å². The number of nitrogens with one attached hydrogen (secondary N) is 1. The number of hydrogen-bond acceptors (Lipinski definition) is 5. The van der Waals surface area contributed by atoms with Crippen LogP contribution < -0.4 is 5.46 Å². The number of benzene rings is 1. The van der Waals surface area contributed by atoms with Gasteiger partial charge in [-0.25, -0.2) is 4.79 Å². The number of fused-ring (bicyclic) bond motifs is 1. The van der Waals surface area contributed by atoms with Gasteiger partial charge in [0.25, 0.3) is 0 Å². The van der Waals surface area contributed by atoms with Crippen molar-refractivity contribution < 1.29 is 18.8 Å². The summed E-state index contributed by atoms with van der Waals surface area (Å²) in [5.41, 5.74) is 1.05. The van der Waals surface area contributed by atoms with E-state index in [1.54, 1.807) is 18.3 Å². The van der Waals surface area contributed by atoms with Gasteiger partial charge in [0.1, 0.15) is 0 Å². The molecular weight excluding hydrogens is 283 g/mol. The molecule has 3 rings (SSSR count). The Balaban J connectivity index is 2.11. The molecule has 0 radical (unpaired) electrons. The van der Waals surface area contributed by atoms with E-state index in [4.69, 9.17) is 14.0 Å². The summed E-state index contributed by atoms with van der Waals surface area (Å²) >= 11 is 0. The van der Waals surface area contributed by atoms with E-state index < -0.39 is 24.3 Å². The molecule has 6 nitrogen and oxygen atoms in total. The van der Waals surface area contributed by atoms with Gasteiger partial charge in [-0.15, -0.1) is 0 Å². The number of H-pyrrole nitrogens is 1. The highest BCUT2D eigenvalue weighted by Gasteiger charge is 2.52. The molecule has 0 aliphatic carbocycles. The first-order valence-corrected chi connectivity index (χ1v) is 7.16. The topological polar surface area (TPSA) is 73.4 Å². The Morgan fingerprint density at radius 1 is 1.23 bits per heavy atom. The molecule has 0 bridgehead atoms. The molecule has 0 amide bonds. The maximum atomic E-state index is 11.9. The summed E-state index contributed by atoms with van der Waals surface area (Å²) in [6.07, 6.45) is 1.71. The van der Waals surface area contributed by atoms with E-state index >= 15 is 0 Å². The van der Waals surface area contributed by atoms with Gasteiger partial charge < -0.3 is 14.0 Å². The van der Waals surface area contributed by atoms with Crippen LogP contribution in [0.15, 0.2) is 18.3 Å². The van der Waals surface area contributed by atoms with Crippen LogP contribution in [0.4, 0.5) is 0 Å². The molecule has 0 unspecified atom stereocenters. The standard InChI is InChI=1S/C15H19BN2O4/c1-14(2)15(3,4)22-16(21-14)11-6-9(13(19)20-5)7-12-10(11)8-17-18-12/h6-8H,1-5H3,(H,17,18). The zero-order valence-corrected chi connectivity index (χ0v) is 13.4. The first-order chi connectivity index (χ1) is 10.2. The number of nitrogens with zero attached hydrogens (tertiary/aromatic N) is 1. The zero-order chi connectivity index (χ0) is 16.1. The number of rotatable bonds is 2. The molecule has 1 aliphatic heterocycles. The van der Waals surface area contributed by atoms with Crippen molar-refractivity contribution in [3.05, 3.63) is 23.9 Å². The number of aromatic nitrogens is 2. The second kappa shape index (κ2) is 4.82. The van der Waals surface area contributed by atoms with E-state index in [0.717, 1.165) is 16.4 Å². The summed E-state index contributed by atoms with van der Waals surface area (Å²) in [6, 6.07) is 3.45. The Morgan fingerprint density at radius 2 is 1.86 bits per heavy atom. The molecule has 2 heterocycles. The third-order valence-electron chi connectivity index (χ3n) is 4.52. The van der Waals surface area contributed by atoms with E-state index in [1.807, 2.05) is 27.7 Å². The fourth-order valence-electron chi connectivity index (χ4n) is 2.48. The van der Waals surface area contributed by atoms with Gasteiger partial charge in [-0.05, 0) is 45.3 Å². The predicted octanol–water partition coefficient (Wildman–Crippen LogP) is 1.65. The molecule has 1 aromatic carbocycles. The van der Waals surface area contributed by atoms with Gasteiger partial charge in [0, 0.05) is 5.39 Å². The molecule has 0 atom stereocenters. The first-order valence-electron chi connectivity index (χ1n) is 7.16. The largest absolute Gasteiger partial charge is 0.495 e. The smallest absolute Gasteiger partial charge is 0.465 e. The lowest BCUT2D eigenvalue weighted by Gasteiger charge is -2.32. The molecule has 1 aromatic heterocycles. The van der Waals surface area contributed by atoms with E-state index in [-0.39, 0.29) is 0 Å². The molecule has 116 valence electrons. The minimum Gasteiger partial charge on any atom is -0.465 e. The van der Waals surface area contributed by atoms with Crippen LogP contribution in [-0.2, 0) is 14.0 Å². The molecule has 2 aromatic rings. The molecular formula is C15H19BN2O4. The number of methoxy groups -OCH3 is 1. The highest BCUT2D eigenvalue weighted by atomic mass is 16.7. The fourth-order valence-corrected chi connectivity index (χ4v) is 2.48. The van der Waals surface area contributed by atoms with Gasteiger partial charge in [-0.1, -0.05) is 0 Å². The van der Waals surface area contributed by atoms with E-state index in [2.05, 4.69) is 10.2 Å². The van der Waals surface area contributed by atoms with Gasteiger partial charge in [0.15, 0.2) is 0 Å². The minimum absolute atomic E-state index is 0.408. The van der Waals surface area contributed by atoms with Crippen LogP contribution in [0, 0.1) is 0 Å². The first kappa shape index (κ1) is 15.1. The number of carbonyl (C=O) groups excluding carboxylic acids is 1. The molecule has 1 N–H and O–H groups in total. The Kier molecular flexibility index (Phi) is 3.30. The number of hydrogen-bond donors (Lipinski definition) is 1. The minimum atomic E-state index is -0.560. The second-order valence-corrected chi connectivity index (χ2v) is 6.48. The van der Waals surface area contributed by atoms with Gasteiger partial charge in [-0.3, -0.25) is 5.10 Å². The normalized spacial score (nSPS) is 19.6. The van der Waals surface area contributed by atoms with E-state index in [1.165, 1.54) is 7.11 Å². The molecule has 22 heavy (non-hydrogen) atoms. The third kappa shape index (κ3) is 2.21. The van der Waals surface area contributed by atoms with Crippen molar-refractivity contribution >= 4 is 29.5 Å². The Labute approximate surface area is 129 Å². The van der Waals surface area contributed by atoms with Crippen LogP contribution >= 0.6 is 0 Å². The number of aromatic amines is 1.